The molecule has 1 atom stereocenters. The molecule has 0 aliphatic rings. The number of hydrogen-bond acceptors (Lipinski definition) is 4. The number of carbonyl (C=O) groups excluding carboxylic acids is 1. The van der Waals surface area contributed by atoms with E-state index in [2.05, 4.69) is 0 Å². The van der Waals surface area contributed by atoms with E-state index >= 15 is 0 Å². The van der Waals surface area contributed by atoms with Crippen molar-refractivity contribution >= 4 is 5.97 Å². The fourth-order valence-electron chi connectivity index (χ4n) is 0.891. The van der Waals surface area contributed by atoms with Crippen molar-refractivity contribution in [3.8, 4) is 0 Å². The van der Waals surface area contributed by atoms with Gasteiger partial charge in [0.05, 0.1) is 6.61 Å². The van der Waals surface area contributed by atoms with Crippen LogP contribution in [0.25, 0.3) is 0 Å². The third-order valence-corrected chi connectivity index (χ3v) is 2.01. The van der Waals surface area contributed by atoms with E-state index in [1.165, 1.54) is 0 Å². The lowest BCUT2D eigenvalue weighted by atomic mass is 9.87. The fraction of sp³-hybridized carbons (Fsp3) is 0.909. The van der Waals surface area contributed by atoms with E-state index in [-0.39, 0.29) is 18.0 Å². The second-order valence-electron chi connectivity index (χ2n) is 4.62. The molecule has 0 rings (SSSR count). The summed E-state index contributed by atoms with van der Waals surface area (Å²) in [6.07, 6.45) is 0.968. The van der Waals surface area contributed by atoms with Crippen molar-refractivity contribution in [2.45, 2.75) is 40.2 Å². The Balaban J connectivity index is 3.66. The van der Waals surface area contributed by atoms with Crippen LogP contribution in [0.3, 0.4) is 0 Å². The zero-order chi connectivity index (χ0) is 11.9. The van der Waals surface area contributed by atoms with E-state index in [1.807, 2.05) is 27.7 Å². The molecule has 0 aliphatic carbocycles. The Hall–Kier alpha value is -0.610. The SMILES string of the molecule is CCCOCCOC(=O)[C@@H](N)C(C)(C)C. The van der Waals surface area contributed by atoms with Gasteiger partial charge in [0.1, 0.15) is 12.6 Å². The molecule has 0 bridgehead atoms. The van der Waals surface area contributed by atoms with Crippen molar-refractivity contribution < 1.29 is 14.3 Å². The van der Waals surface area contributed by atoms with Crippen LogP contribution in [0.4, 0.5) is 0 Å². The normalized spacial score (nSPS) is 13.7. The number of hydrogen-bond donors (Lipinski definition) is 1. The van der Waals surface area contributed by atoms with Gasteiger partial charge in [0.15, 0.2) is 0 Å². The Kier molecular flexibility index (Phi) is 6.52. The van der Waals surface area contributed by atoms with Crippen molar-refractivity contribution in [3.05, 3.63) is 0 Å². The van der Waals surface area contributed by atoms with Crippen LogP contribution in [0.5, 0.6) is 0 Å². The summed E-state index contributed by atoms with van der Waals surface area (Å²) in [5, 5.41) is 0. The average molecular weight is 217 g/mol. The zero-order valence-electron chi connectivity index (χ0n) is 10.2. The predicted molar refractivity (Wildman–Crippen MR) is 59.5 cm³/mol. The molecule has 0 aromatic heterocycles. The standard InChI is InChI=1S/C11H23NO3/c1-5-6-14-7-8-15-10(13)9(12)11(2,3)4/h9H,5-8,12H2,1-4H3/t9-/m1/s1. The maximum atomic E-state index is 11.4. The summed E-state index contributed by atoms with van der Waals surface area (Å²) in [5.74, 6) is -0.359. The summed E-state index contributed by atoms with van der Waals surface area (Å²) in [4.78, 5) is 11.4. The second-order valence-corrected chi connectivity index (χ2v) is 4.62. The van der Waals surface area contributed by atoms with Gasteiger partial charge in [-0.05, 0) is 11.8 Å². The maximum absolute atomic E-state index is 11.4. The molecule has 0 amide bonds. The van der Waals surface area contributed by atoms with Crippen LogP contribution in [0.15, 0.2) is 0 Å². The smallest absolute Gasteiger partial charge is 0.323 e. The van der Waals surface area contributed by atoms with Crippen LogP contribution < -0.4 is 5.73 Å². The maximum Gasteiger partial charge on any atom is 0.323 e. The molecular weight excluding hydrogens is 194 g/mol. The minimum absolute atomic E-state index is 0.263. The molecular formula is C11H23NO3. The number of ether oxygens (including phenoxy) is 2. The van der Waals surface area contributed by atoms with Crippen LogP contribution in [-0.2, 0) is 14.3 Å². The van der Waals surface area contributed by atoms with Gasteiger partial charge < -0.3 is 15.2 Å². The Labute approximate surface area is 92.1 Å². The lowest BCUT2D eigenvalue weighted by Gasteiger charge is -2.24. The molecule has 2 N–H and O–H groups in total. The Morgan fingerprint density at radius 3 is 2.33 bits per heavy atom. The Morgan fingerprint density at radius 2 is 1.87 bits per heavy atom. The van der Waals surface area contributed by atoms with Crippen LogP contribution in [0.1, 0.15) is 34.1 Å². The van der Waals surface area contributed by atoms with Gasteiger partial charge in [-0.3, -0.25) is 4.79 Å². The Bertz CT molecular complexity index is 187. The highest BCUT2D eigenvalue weighted by Crippen LogP contribution is 2.17. The highest BCUT2D eigenvalue weighted by molar-refractivity contribution is 5.76. The number of carbonyl (C=O) groups is 1. The second kappa shape index (κ2) is 6.80. The highest BCUT2D eigenvalue weighted by Gasteiger charge is 2.28. The molecule has 0 aromatic rings. The van der Waals surface area contributed by atoms with Gasteiger partial charge in [-0.15, -0.1) is 0 Å². The molecule has 90 valence electrons. The first kappa shape index (κ1) is 14.4. The summed E-state index contributed by atoms with van der Waals surface area (Å²) < 4.78 is 10.2. The van der Waals surface area contributed by atoms with Gasteiger partial charge in [0, 0.05) is 6.61 Å². The van der Waals surface area contributed by atoms with E-state index in [0.29, 0.717) is 13.2 Å². The van der Waals surface area contributed by atoms with Gasteiger partial charge in [-0.1, -0.05) is 27.7 Å². The van der Waals surface area contributed by atoms with E-state index in [9.17, 15) is 4.79 Å². The van der Waals surface area contributed by atoms with Gasteiger partial charge >= 0.3 is 5.97 Å². The molecule has 4 nitrogen and oxygen atoms in total. The lowest BCUT2D eigenvalue weighted by Crippen LogP contribution is -2.43. The summed E-state index contributed by atoms with van der Waals surface area (Å²) >= 11 is 0. The quantitative estimate of drug-likeness (QED) is 0.538. The third kappa shape index (κ3) is 6.47. The molecule has 0 unspecified atom stereocenters. The first-order valence-electron chi connectivity index (χ1n) is 5.39. The van der Waals surface area contributed by atoms with Crippen molar-refractivity contribution in [1.29, 1.82) is 0 Å². The summed E-state index contributed by atoms with van der Waals surface area (Å²) in [5.41, 5.74) is 5.46. The molecule has 0 aromatic carbocycles. The molecule has 0 saturated heterocycles. The van der Waals surface area contributed by atoms with Gasteiger partial charge in [0.2, 0.25) is 0 Å². The van der Waals surface area contributed by atoms with E-state index in [1.54, 1.807) is 0 Å². The van der Waals surface area contributed by atoms with E-state index < -0.39 is 6.04 Å². The summed E-state index contributed by atoms with van der Waals surface area (Å²) in [7, 11) is 0. The molecule has 15 heavy (non-hydrogen) atoms. The van der Waals surface area contributed by atoms with Gasteiger partial charge in [-0.2, -0.15) is 0 Å². The van der Waals surface area contributed by atoms with Crippen molar-refractivity contribution in [3.63, 3.8) is 0 Å². The molecule has 0 fully saturated rings. The predicted octanol–water partition coefficient (Wildman–Crippen LogP) is 1.33. The number of nitrogens with two attached hydrogens (primary N) is 1. The topological polar surface area (TPSA) is 61.5 Å². The summed E-state index contributed by atoms with van der Waals surface area (Å²) in [6.45, 7) is 9.18. The van der Waals surface area contributed by atoms with Crippen LogP contribution >= 0.6 is 0 Å². The first-order chi connectivity index (χ1) is 6.89. The average Bonchev–Trinajstić information content (AvgIpc) is 2.14. The number of esters is 1. The molecule has 0 radical (unpaired) electrons. The Morgan fingerprint density at radius 1 is 1.27 bits per heavy atom. The molecule has 0 aliphatic heterocycles. The molecule has 0 spiro atoms. The molecule has 4 heteroatoms. The molecule has 0 heterocycles. The van der Waals surface area contributed by atoms with E-state index in [0.717, 1.165) is 6.42 Å². The third-order valence-electron chi connectivity index (χ3n) is 2.01. The fourth-order valence-corrected chi connectivity index (χ4v) is 0.891. The summed E-state index contributed by atoms with van der Waals surface area (Å²) in [6, 6.07) is -0.580. The number of rotatable bonds is 6. The monoisotopic (exact) mass is 217 g/mol. The van der Waals surface area contributed by atoms with E-state index in [4.69, 9.17) is 15.2 Å². The zero-order valence-corrected chi connectivity index (χ0v) is 10.2. The molecule has 0 saturated carbocycles. The van der Waals surface area contributed by atoms with Crippen molar-refractivity contribution in [2.24, 2.45) is 11.1 Å². The van der Waals surface area contributed by atoms with Gasteiger partial charge in [0.25, 0.3) is 0 Å². The van der Waals surface area contributed by atoms with Crippen LogP contribution in [0.2, 0.25) is 0 Å². The highest BCUT2D eigenvalue weighted by atomic mass is 16.6. The largest absolute Gasteiger partial charge is 0.462 e. The van der Waals surface area contributed by atoms with Crippen LogP contribution in [-0.4, -0.2) is 31.8 Å². The van der Waals surface area contributed by atoms with Crippen molar-refractivity contribution in [1.82, 2.24) is 0 Å². The minimum atomic E-state index is -0.580. The van der Waals surface area contributed by atoms with Crippen molar-refractivity contribution in [2.75, 3.05) is 19.8 Å². The van der Waals surface area contributed by atoms with Gasteiger partial charge in [-0.25, -0.2) is 0 Å². The minimum Gasteiger partial charge on any atom is -0.462 e. The van der Waals surface area contributed by atoms with Crippen LogP contribution in [0, 0.1) is 5.41 Å². The lowest BCUT2D eigenvalue weighted by molar-refractivity contribution is -0.149. The first-order valence-corrected chi connectivity index (χ1v) is 5.39.